The van der Waals surface area contributed by atoms with E-state index in [0.29, 0.717) is 54.9 Å². The molecule has 8 rings (SSSR count). The van der Waals surface area contributed by atoms with Crippen LogP contribution in [0.3, 0.4) is 0 Å². The number of unbranched alkanes of at least 4 members (excludes halogenated alkanes) is 1. The van der Waals surface area contributed by atoms with Crippen LogP contribution in [0.5, 0.6) is 5.75 Å². The summed E-state index contributed by atoms with van der Waals surface area (Å²) < 4.78 is 11.8. The molecule has 0 spiro atoms. The number of nitrogens with two attached hydrogens (primary N) is 2. The zero-order valence-corrected chi connectivity index (χ0v) is 44.2. The van der Waals surface area contributed by atoms with Gasteiger partial charge >= 0.3 is 6.09 Å². The number of benzene rings is 5. The maximum atomic E-state index is 15.4. The van der Waals surface area contributed by atoms with Crippen LogP contribution in [0.4, 0.5) is 4.79 Å². The minimum absolute atomic E-state index is 0.0476. The molecular weight excluding hydrogens is 1000 g/mol. The van der Waals surface area contributed by atoms with Gasteiger partial charge in [0.05, 0.1) is 6.54 Å². The molecule has 2 aliphatic heterocycles. The van der Waals surface area contributed by atoms with Crippen LogP contribution >= 0.6 is 0 Å². The molecule has 19 nitrogen and oxygen atoms in total. The van der Waals surface area contributed by atoms with Crippen molar-refractivity contribution in [1.29, 1.82) is 0 Å². The Morgan fingerprint density at radius 2 is 1.29 bits per heavy atom. The highest BCUT2D eigenvalue weighted by Crippen LogP contribution is 2.28. The predicted octanol–water partition coefficient (Wildman–Crippen LogP) is 4.32. The van der Waals surface area contributed by atoms with Crippen LogP contribution < -0.4 is 48.1 Å². The van der Waals surface area contributed by atoms with Gasteiger partial charge in [0, 0.05) is 48.9 Å². The van der Waals surface area contributed by atoms with E-state index in [1.54, 1.807) is 85.8 Å². The predicted molar refractivity (Wildman–Crippen MR) is 298 cm³/mol. The van der Waals surface area contributed by atoms with E-state index in [0.717, 1.165) is 22.0 Å². The molecule has 79 heavy (non-hydrogen) atoms. The molecule has 5 aromatic carbocycles. The van der Waals surface area contributed by atoms with Crippen molar-refractivity contribution in [1.82, 2.24) is 41.8 Å². The summed E-state index contributed by atoms with van der Waals surface area (Å²) in [5, 5.41) is 18.1. The van der Waals surface area contributed by atoms with Crippen LogP contribution in [-0.2, 0) is 53.0 Å². The van der Waals surface area contributed by atoms with Crippen molar-refractivity contribution in [2.24, 2.45) is 11.5 Å². The lowest BCUT2D eigenvalue weighted by atomic mass is 9.91. The van der Waals surface area contributed by atoms with Gasteiger partial charge in [0.25, 0.3) is 0 Å². The quantitative estimate of drug-likeness (QED) is 0.0547. The average Bonchev–Trinajstić information content (AvgIpc) is 4.15. The number of para-hydroxylation sites is 1. The Kier molecular flexibility index (Phi) is 19.8. The van der Waals surface area contributed by atoms with Gasteiger partial charge < -0.3 is 62.7 Å². The fourth-order valence-electron chi connectivity index (χ4n) is 10.1. The number of amides is 7. The second kappa shape index (κ2) is 27.7. The normalized spacial score (nSPS) is 21.8. The topological polar surface area (TPSA) is 281 Å². The van der Waals surface area contributed by atoms with Crippen LogP contribution in [0.2, 0.25) is 0 Å². The number of fused-ring (bicyclic) bond motifs is 2. The number of alkyl carbamates (subject to hydrolysis) is 1. The first kappa shape index (κ1) is 56.6. The molecule has 19 heteroatoms. The third-order valence-electron chi connectivity index (χ3n) is 14.4. The number of carbonyl (C=O) groups is 7. The monoisotopic (exact) mass is 1070 g/mol. The fourth-order valence-corrected chi connectivity index (χ4v) is 10.1. The number of hydrogen-bond donors (Lipinski definition) is 9. The number of nitrogens with zero attached hydrogens (tertiary/aromatic N) is 1. The molecule has 7 amide bonds. The number of rotatable bonds is 18. The Bertz CT molecular complexity index is 3020. The highest BCUT2D eigenvalue weighted by molar-refractivity contribution is 5.99. The zero-order chi connectivity index (χ0) is 55.7. The van der Waals surface area contributed by atoms with Gasteiger partial charge in [-0.15, -0.1) is 0 Å². The molecule has 11 N–H and O–H groups in total. The van der Waals surface area contributed by atoms with E-state index in [-0.39, 0.29) is 45.3 Å². The molecule has 6 aromatic rings. The first-order chi connectivity index (χ1) is 38.4. The Morgan fingerprint density at radius 3 is 2.00 bits per heavy atom. The van der Waals surface area contributed by atoms with Crippen LogP contribution in [-0.4, -0.2) is 114 Å². The van der Waals surface area contributed by atoms with Crippen LogP contribution in [0.15, 0.2) is 146 Å². The standard InChI is InChI=1S/C60H70N10O9/c1-38(41-24-27-44(28-25-41)78-37-40-17-7-3-8-18-40)52-57(74)67-50(33-39-15-5-2-6-16-39)59(76)70-36-45(79-60(77)63-32-31-62)34-51(70)56(73)69-53(42-19-9-4-10-20-42)58(75)66-49(29-26-43-35-64-47-22-12-11-21-46(43)47)54(71)65-48(55(72)68-52)23-13-14-30-61/h2-12,15-22,24-25,27-28,35,38,45,48-53,64H,13-14,23,26,29-34,36-37,61-62H2,1H3,(H,63,77)(H,65,71)(H,66,75)(H,67,74)(H,68,72)(H,69,73)/t38-,45?,48+,49?,50+,51+,52?,53+/m1/s1. The number of ether oxygens (including phenoxy) is 2. The minimum Gasteiger partial charge on any atom is -0.489 e. The number of H-pyrrole nitrogens is 1. The molecule has 414 valence electrons. The molecule has 2 aliphatic rings. The molecule has 3 unspecified atom stereocenters. The molecule has 0 radical (unpaired) electrons. The smallest absolute Gasteiger partial charge is 0.407 e. The van der Waals surface area contributed by atoms with Gasteiger partial charge in [-0.05, 0) is 84.7 Å². The molecule has 2 saturated heterocycles. The lowest BCUT2D eigenvalue weighted by Crippen LogP contribution is -2.61. The molecule has 1 aromatic heterocycles. The van der Waals surface area contributed by atoms with Gasteiger partial charge in [-0.25, -0.2) is 4.79 Å². The van der Waals surface area contributed by atoms with Gasteiger partial charge in [0.15, 0.2) is 0 Å². The van der Waals surface area contributed by atoms with Crippen LogP contribution in [0.1, 0.15) is 78.8 Å². The number of nitrogens with one attached hydrogen (secondary N) is 7. The van der Waals surface area contributed by atoms with E-state index in [1.165, 1.54) is 4.90 Å². The molecule has 2 fully saturated rings. The minimum atomic E-state index is -1.41. The summed E-state index contributed by atoms with van der Waals surface area (Å²) in [6.07, 6.45) is 1.24. The van der Waals surface area contributed by atoms with Crippen molar-refractivity contribution in [2.45, 2.75) is 107 Å². The van der Waals surface area contributed by atoms with Crippen LogP contribution in [0, 0.1) is 0 Å². The lowest BCUT2D eigenvalue weighted by Gasteiger charge is -2.33. The van der Waals surface area contributed by atoms with Crippen LogP contribution in [0.25, 0.3) is 10.9 Å². The highest BCUT2D eigenvalue weighted by atomic mass is 16.6. The van der Waals surface area contributed by atoms with Gasteiger partial charge in [-0.2, -0.15) is 0 Å². The van der Waals surface area contributed by atoms with Crippen molar-refractivity contribution in [3.8, 4) is 5.75 Å². The Hall–Kier alpha value is -8.55. The largest absolute Gasteiger partial charge is 0.489 e. The fraction of sp³-hybridized carbons (Fsp3) is 0.350. The number of carbonyl (C=O) groups excluding carboxylic acids is 7. The van der Waals surface area contributed by atoms with Gasteiger partial charge in [-0.3, -0.25) is 28.8 Å². The molecule has 0 saturated carbocycles. The maximum absolute atomic E-state index is 15.4. The number of aryl methyl sites for hydroxylation is 1. The van der Waals surface area contributed by atoms with Gasteiger partial charge in [0.1, 0.15) is 54.7 Å². The summed E-state index contributed by atoms with van der Waals surface area (Å²) in [5.74, 6) is -4.46. The molecule has 3 heterocycles. The molecular formula is C60H70N10O9. The van der Waals surface area contributed by atoms with Crippen molar-refractivity contribution in [3.63, 3.8) is 0 Å². The number of aromatic amines is 1. The van der Waals surface area contributed by atoms with Crippen molar-refractivity contribution >= 4 is 52.4 Å². The first-order valence-corrected chi connectivity index (χ1v) is 27.0. The highest BCUT2D eigenvalue weighted by Gasteiger charge is 2.46. The number of hydrogen-bond acceptors (Lipinski definition) is 11. The van der Waals surface area contributed by atoms with E-state index in [1.807, 2.05) is 66.9 Å². The Balaban J connectivity index is 1.19. The second-order valence-electron chi connectivity index (χ2n) is 20.0. The summed E-state index contributed by atoms with van der Waals surface area (Å²) in [6, 6.07) is 34.0. The van der Waals surface area contributed by atoms with Crippen molar-refractivity contribution in [2.75, 3.05) is 26.2 Å². The first-order valence-electron chi connectivity index (χ1n) is 27.0. The summed E-state index contributed by atoms with van der Waals surface area (Å²) >= 11 is 0. The van der Waals surface area contributed by atoms with Gasteiger partial charge in [-0.1, -0.05) is 128 Å². The summed E-state index contributed by atoms with van der Waals surface area (Å²) in [5.41, 5.74) is 16.0. The Labute approximate surface area is 459 Å². The van der Waals surface area contributed by atoms with Crippen molar-refractivity contribution in [3.05, 3.63) is 174 Å². The second-order valence-corrected chi connectivity index (χ2v) is 20.0. The number of aromatic nitrogens is 1. The molecule has 0 aliphatic carbocycles. The van der Waals surface area contributed by atoms with E-state index >= 15 is 14.4 Å². The van der Waals surface area contributed by atoms with Gasteiger partial charge in [0.2, 0.25) is 35.4 Å². The SMILES string of the molecule is C[C@H](c1ccc(OCc2ccccc2)cc1)C1NC(=O)[C@H](CCCCN)NC(=O)C(CCc2c[nH]c3ccccc23)NC(=O)[C@H](c2ccccc2)NC(=O)[C@@H]2CC(OC(=O)NCCN)CN2C(=O)[C@H](Cc2ccccc2)NC1=O. The van der Waals surface area contributed by atoms with E-state index in [2.05, 4.69) is 36.9 Å². The molecule has 0 bridgehead atoms. The average molecular weight is 1080 g/mol. The lowest BCUT2D eigenvalue weighted by molar-refractivity contribution is -0.143. The molecule has 8 atom stereocenters. The Morgan fingerprint density at radius 1 is 0.658 bits per heavy atom. The summed E-state index contributed by atoms with van der Waals surface area (Å²) in [4.78, 5) is 108. The van der Waals surface area contributed by atoms with Crippen molar-refractivity contribution < 1.29 is 43.0 Å². The van der Waals surface area contributed by atoms with E-state index in [4.69, 9.17) is 20.9 Å². The summed E-state index contributed by atoms with van der Waals surface area (Å²) in [6.45, 7) is 2.38. The van der Waals surface area contributed by atoms with E-state index in [9.17, 15) is 19.2 Å². The third-order valence-corrected chi connectivity index (χ3v) is 14.4. The maximum Gasteiger partial charge on any atom is 0.407 e. The van der Waals surface area contributed by atoms with E-state index < -0.39 is 89.8 Å². The zero-order valence-electron chi connectivity index (χ0n) is 44.2. The summed E-state index contributed by atoms with van der Waals surface area (Å²) in [7, 11) is 0. The third kappa shape index (κ3) is 15.1.